The van der Waals surface area contributed by atoms with Gasteiger partial charge in [0.2, 0.25) is 0 Å². The lowest BCUT2D eigenvalue weighted by Gasteiger charge is -2.35. The summed E-state index contributed by atoms with van der Waals surface area (Å²) in [5, 5.41) is 5.34. The molecular formula is C49H26BNOS. The van der Waals surface area contributed by atoms with E-state index >= 15 is 0 Å². The van der Waals surface area contributed by atoms with Crippen molar-refractivity contribution in [3.05, 3.63) is 180 Å². The molecule has 0 atom stereocenters. The van der Waals surface area contributed by atoms with Crippen molar-refractivity contribution in [2.24, 2.45) is 0 Å². The zero-order chi connectivity index (χ0) is 34.2. The molecule has 0 radical (unpaired) electrons. The zero-order valence-corrected chi connectivity index (χ0v) is 29.2. The van der Waals surface area contributed by atoms with Gasteiger partial charge in [0.1, 0.15) is 11.5 Å². The molecule has 0 bridgehead atoms. The van der Waals surface area contributed by atoms with Crippen LogP contribution in [-0.2, 0) is 5.41 Å². The monoisotopic (exact) mass is 687 g/mol. The van der Waals surface area contributed by atoms with Gasteiger partial charge >= 0.3 is 0 Å². The zero-order valence-electron chi connectivity index (χ0n) is 28.4. The standard InChI is InChI=1S/C49H26BNOS/c1-6-17-33-27(12-1)28-13-2-7-18-34(28)49(33)35-19-8-3-15-30(35)43-36(49)24-25-37-47(43)52-41-22-11-21-40-45(41)50(37)38-26-32-29-14-5-10-23-42(29)53-48(32)44-31-16-4-9-20-39(31)51(40)46(38)44/h1-26H. The Balaban J connectivity index is 1.14. The minimum Gasteiger partial charge on any atom is -0.458 e. The molecule has 2 aliphatic heterocycles. The van der Waals surface area contributed by atoms with Crippen molar-refractivity contribution in [1.82, 2.24) is 4.57 Å². The molecule has 242 valence electrons. The van der Waals surface area contributed by atoms with E-state index in [1.165, 1.54) is 109 Å². The van der Waals surface area contributed by atoms with Crippen LogP contribution in [0.4, 0.5) is 0 Å². The minimum atomic E-state index is -0.416. The predicted molar refractivity (Wildman–Crippen MR) is 221 cm³/mol. The number of benzene rings is 8. The van der Waals surface area contributed by atoms with Crippen LogP contribution in [0.2, 0.25) is 0 Å². The molecule has 0 N–H and O–H groups in total. The van der Waals surface area contributed by atoms with Crippen LogP contribution in [0.15, 0.2) is 158 Å². The molecule has 2 nitrogen and oxygen atoms in total. The number of hydrogen-bond donors (Lipinski definition) is 0. The molecule has 2 aromatic heterocycles. The third-order valence-electron chi connectivity index (χ3n) is 12.9. The van der Waals surface area contributed by atoms with Gasteiger partial charge in [-0.15, -0.1) is 11.3 Å². The van der Waals surface area contributed by atoms with Gasteiger partial charge in [0.25, 0.3) is 6.71 Å². The highest BCUT2D eigenvalue weighted by atomic mass is 32.1. The van der Waals surface area contributed by atoms with Gasteiger partial charge in [-0.25, -0.2) is 0 Å². The number of thiophene rings is 1. The lowest BCUT2D eigenvalue weighted by atomic mass is 9.34. The SMILES string of the molecule is c1ccc2c(c1)-c1ccccc1C21c2ccccc2-c2c1ccc1c2Oc2cccc3c2B1c1cc2c4ccccc4sc2c2c4ccccc4n-3c12. The van der Waals surface area contributed by atoms with Gasteiger partial charge in [0, 0.05) is 42.2 Å². The van der Waals surface area contributed by atoms with Crippen LogP contribution in [0.3, 0.4) is 0 Å². The van der Waals surface area contributed by atoms with Crippen LogP contribution >= 0.6 is 11.3 Å². The van der Waals surface area contributed by atoms with E-state index in [0.717, 1.165) is 11.5 Å². The van der Waals surface area contributed by atoms with Crippen LogP contribution in [0, 0.1) is 0 Å². The highest BCUT2D eigenvalue weighted by molar-refractivity contribution is 7.27. The van der Waals surface area contributed by atoms with E-state index < -0.39 is 5.41 Å². The van der Waals surface area contributed by atoms with Gasteiger partial charge in [0.15, 0.2) is 0 Å². The van der Waals surface area contributed by atoms with Gasteiger partial charge in [-0.3, -0.25) is 0 Å². The van der Waals surface area contributed by atoms with Crippen LogP contribution in [0.1, 0.15) is 22.3 Å². The molecule has 4 heterocycles. The molecule has 4 aliphatic rings. The largest absolute Gasteiger partial charge is 0.458 e. The molecule has 0 saturated heterocycles. The topological polar surface area (TPSA) is 14.2 Å². The van der Waals surface area contributed by atoms with Gasteiger partial charge < -0.3 is 9.30 Å². The highest BCUT2D eigenvalue weighted by Gasteiger charge is 2.54. The number of hydrogen-bond acceptors (Lipinski definition) is 2. The van der Waals surface area contributed by atoms with Crippen LogP contribution < -0.4 is 21.1 Å². The first kappa shape index (κ1) is 27.3. The van der Waals surface area contributed by atoms with Gasteiger partial charge in [-0.2, -0.15) is 0 Å². The van der Waals surface area contributed by atoms with Crippen LogP contribution in [0.5, 0.6) is 11.5 Å². The van der Waals surface area contributed by atoms with E-state index in [0.29, 0.717) is 0 Å². The van der Waals surface area contributed by atoms with Crippen molar-refractivity contribution in [3.63, 3.8) is 0 Å². The smallest absolute Gasteiger partial charge is 0.256 e. The fourth-order valence-corrected chi connectivity index (χ4v) is 12.3. The van der Waals surface area contributed by atoms with Gasteiger partial charge in [0.05, 0.1) is 16.4 Å². The Hall–Kier alpha value is -6.36. The summed E-state index contributed by atoms with van der Waals surface area (Å²) >= 11 is 1.93. The van der Waals surface area contributed by atoms with Crippen LogP contribution in [0.25, 0.3) is 69.9 Å². The Bertz CT molecular complexity index is 3300. The maximum absolute atomic E-state index is 7.33. The Morgan fingerprint density at radius 2 is 1.23 bits per heavy atom. The van der Waals surface area contributed by atoms with E-state index in [1.807, 2.05) is 11.3 Å². The molecule has 0 saturated carbocycles. The van der Waals surface area contributed by atoms with Crippen molar-refractivity contribution in [2.75, 3.05) is 0 Å². The first-order valence-electron chi connectivity index (χ1n) is 18.5. The van der Waals surface area contributed by atoms with Crippen molar-refractivity contribution in [2.45, 2.75) is 5.41 Å². The third-order valence-corrected chi connectivity index (χ3v) is 14.1. The molecule has 8 aromatic carbocycles. The summed E-state index contributed by atoms with van der Waals surface area (Å²) in [6.45, 7) is 0.0180. The molecular weight excluding hydrogens is 661 g/mol. The summed E-state index contributed by atoms with van der Waals surface area (Å²) in [7, 11) is 0. The normalized spacial score (nSPS) is 14.7. The summed E-state index contributed by atoms with van der Waals surface area (Å²) in [6.07, 6.45) is 0. The van der Waals surface area contributed by atoms with E-state index in [1.54, 1.807) is 0 Å². The Morgan fingerprint density at radius 1 is 0.547 bits per heavy atom. The van der Waals surface area contributed by atoms with Crippen molar-refractivity contribution in [3.8, 4) is 39.4 Å². The number of fused-ring (bicyclic) bond motifs is 22. The number of aromatic nitrogens is 1. The maximum atomic E-state index is 7.33. The molecule has 53 heavy (non-hydrogen) atoms. The predicted octanol–water partition coefficient (Wildman–Crippen LogP) is 10.4. The minimum absolute atomic E-state index is 0.0180. The molecule has 2 aliphatic carbocycles. The summed E-state index contributed by atoms with van der Waals surface area (Å²) in [4.78, 5) is 0. The molecule has 0 unspecified atom stereocenters. The van der Waals surface area contributed by atoms with Crippen molar-refractivity contribution in [1.29, 1.82) is 0 Å². The Kier molecular flexibility index (Phi) is 4.72. The number of nitrogens with zero attached hydrogens (tertiary/aromatic N) is 1. The molecule has 10 aromatic rings. The van der Waals surface area contributed by atoms with E-state index in [-0.39, 0.29) is 6.71 Å². The Morgan fingerprint density at radius 3 is 2.04 bits per heavy atom. The highest BCUT2D eigenvalue weighted by Crippen LogP contribution is 2.64. The van der Waals surface area contributed by atoms with Crippen molar-refractivity contribution < 1.29 is 4.74 Å². The fraction of sp³-hybridized carbons (Fsp3) is 0.0204. The second-order valence-electron chi connectivity index (χ2n) is 15.0. The summed E-state index contributed by atoms with van der Waals surface area (Å²) in [5.41, 5.74) is 17.7. The Labute approximate surface area is 309 Å². The first-order valence-corrected chi connectivity index (χ1v) is 19.3. The maximum Gasteiger partial charge on any atom is 0.256 e. The second-order valence-corrected chi connectivity index (χ2v) is 16.1. The lowest BCUT2D eigenvalue weighted by Crippen LogP contribution is -2.58. The average Bonchev–Trinajstić information content (AvgIpc) is 3.94. The molecule has 1 spiro atoms. The van der Waals surface area contributed by atoms with E-state index in [9.17, 15) is 0 Å². The number of ether oxygens (including phenoxy) is 1. The summed E-state index contributed by atoms with van der Waals surface area (Å²) in [5.74, 6) is 1.95. The van der Waals surface area contributed by atoms with Gasteiger partial charge in [-0.05, 0) is 79.6 Å². The lowest BCUT2D eigenvalue weighted by molar-refractivity contribution is 0.488. The summed E-state index contributed by atoms with van der Waals surface area (Å²) in [6, 6.07) is 59.1. The summed E-state index contributed by atoms with van der Waals surface area (Å²) < 4.78 is 12.6. The fourth-order valence-electron chi connectivity index (χ4n) is 11.0. The van der Waals surface area contributed by atoms with E-state index in [2.05, 4.69) is 162 Å². The van der Waals surface area contributed by atoms with E-state index in [4.69, 9.17) is 4.74 Å². The molecule has 4 heteroatoms. The van der Waals surface area contributed by atoms with Crippen molar-refractivity contribution >= 4 is 76.4 Å². The second kappa shape index (κ2) is 9.16. The average molecular weight is 688 g/mol. The molecule has 0 amide bonds. The quantitative estimate of drug-likeness (QED) is 0.145. The first-order chi connectivity index (χ1) is 26.3. The number of para-hydroxylation sites is 1. The molecule has 0 fully saturated rings. The van der Waals surface area contributed by atoms with Gasteiger partial charge in [-0.1, -0.05) is 133 Å². The van der Waals surface area contributed by atoms with Crippen LogP contribution in [-0.4, -0.2) is 11.3 Å². The third kappa shape index (κ3) is 2.95. The molecule has 14 rings (SSSR count). The number of rotatable bonds is 0.